The maximum atomic E-state index is 13.8. The summed E-state index contributed by atoms with van der Waals surface area (Å²) in [6.07, 6.45) is 0.823. The number of likely N-dealkylation sites (N-methyl/N-ethyl adjacent to an activating group) is 1. The predicted molar refractivity (Wildman–Crippen MR) is 79.6 cm³/mol. The summed E-state index contributed by atoms with van der Waals surface area (Å²) in [5.74, 6) is -0.0475. The molecule has 0 heterocycles. The first kappa shape index (κ1) is 14.5. The Labute approximate surface area is 119 Å². The van der Waals surface area contributed by atoms with Gasteiger partial charge in [0.25, 0.3) is 0 Å². The van der Waals surface area contributed by atoms with Gasteiger partial charge >= 0.3 is 0 Å². The molecule has 1 N–H and O–H groups in total. The van der Waals surface area contributed by atoms with Gasteiger partial charge in [0, 0.05) is 6.04 Å². The first-order chi connectivity index (χ1) is 9.63. The van der Waals surface area contributed by atoms with Crippen LogP contribution in [-0.2, 0) is 6.42 Å². The van der Waals surface area contributed by atoms with Gasteiger partial charge in [0.05, 0.1) is 7.11 Å². The van der Waals surface area contributed by atoms with Gasteiger partial charge in [0.15, 0.2) is 11.6 Å². The fourth-order valence-corrected chi connectivity index (χ4v) is 2.36. The lowest BCUT2D eigenvalue weighted by atomic mass is 9.98. The van der Waals surface area contributed by atoms with Gasteiger partial charge in [-0.25, -0.2) is 4.39 Å². The number of methoxy groups -OCH3 is 1. The standard InChI is InChI=1S/C17H20FNO/c1-12-5-4-6-13(9-12)10-16(19-2)14-7-8-17(20-3)15(18)11-14/h4-9,11,16,19H,10H2,1-3H3. The highest BCUT2D eigenvalue weighted by molar-refractivity contribution is 5.32. The molecule has 0 aliphatic heterocycles. The topological polar surface area (TPSA) is 21.3 Å². The van der Waals surface area contributed by atoms with Crippen LogP contribution in [0, 0.1) is 12.7 Å². The summed E-state index contributed by atoms with van der Waals surface area (Å²) in [5.41, 5.74) is 3.39. The molecular formula is C17H20FNO. The molecule has 0 saturated carbocycles. The highest BCUT2D eigenvalue weighted by atomic mass is 19.1. The van der Waals surface area contributed by atoms with Crippen LogP contribution in [0.3, 0.4) is 0 Å². The minimum absolute atomic E-state index is 0.0807. The SMILES string of the molecule is CNC(Cc1cccc(C)c1)c1ccc(OC)c(F)c1. The second-order valence-corrected chi connectivity index (χ2v) is 4.93. The summed E-state index contributed by atoms with van der Waals surface area (Å²) in [6, 6.07) is 13.6. The van der Waals surface area contributed by atoms with Crippen molar-refractivity contribution < 1.29 is 9.13 Å². The van der Waals surface area contributed by atoms with Crippen molar-refractivity contribution in [1.29, 1.82) is 0 Å². The van der Waals surface area contributed by atoms with E-state index in [1.165, 1.54) is 24.3 Å². The second kappa shape index (κ2) is 6.53. The number of nitrogens with one attached hydrogen (secondary N) is 1. The normalized spacial score (nSPS) is 12.2. The van der Waals surface area contributed by atoms with E-state index in [2.05, 4.69) is 30.4 Å². The van der Waals surface area contributed by atoms with E-state index in [9.17, 15) is 4.39 Å². The summed E-state index contributed by atoms with van der Waals surface area (Å²) in [6.45, 7) is 2.07. The Kier molecular flexibility index (Phi) is 4.74. The highest BCUT2D eigenvalue weighted by Crippen LogP contribution is 2.24. The van der Waals surface area contributed by atoms with Crippen molar-refractivity contribution >= 4 is 0 Å². The van der Waals surface area contributed by atoms with Crippen LogP contribution >= 0.6 is 0 Å². The molecule has 1 unspecified atom stereocenters. The van der Waals surface area contributed by atoms with E-state index in [1.54, 1.807) is 6.07 Å². The first-order valence-electron chi connectivity index (χ1n) is 6.70. The van der Waals surface area contributed by atoms with Crippen molar-refractivity contribution in [2.24, 2.45) is 0 Å². The van der Waals surface area contributed by atoms with Gasteiger partial charge in [0.2, 0.25) is 0 Å². The number of halogens is 1. The zero-order chi connectivity index (χ0) is 14.5. The average molecular weight is 273 g/mol. The molecule has 0 saturated heterocycles. The van der Waals surface area contributed by atoms with E-state index in [0.717, 1.165) is 12.0 Å². The number of hydrogen-bond donors (Lipinski definition) is 1. The second-order valence-electron chi connectivity index (χ2n) is 4.93. The third kappa shape index (κ3) is 3.36. The van der Waals surface area contributed by atoms with Crippen molar-refractivity contribution in [2.45, 2.75) is 19.4 Å². The molecule has 2 rings (SSSR count). The molecule has 2 aromatic rings. The van der Waals surface area contributed by atoms with Crippen molar-refractivity contribution in [3.63, 3.8) is 0 Å². The largest absolute Gasteiger partial charge is 0.494 e. The van der Waals surface area contributed by atoms with Gasteiger partial charge in [-0.05, 0) is 43.7 Å². The van der Waals surface area contributed by atoms with E-state index in [1.807, 2.05) is 19.2 Å². The van der Waals surface area contributed by atoms with Crippen LogP contribution in [-0.4, -0.2) is 14.2 Å². The van der Waals surface area contributed by atoms with Crippen molar-refractivity contribution in [3.05, 3.63) is 65.0 Å². The Morgan fingerprint density at radius 1 is 1.20 bits per heavy atom. The van der Waals surface area contributed by atoms with Crippen LogP contribution in [0.15, 0.2) is 42.5 Å². The summed E-state index contributed by atoms with van der Waals surface area (Å²) in [5, 5.41) is 3.24. The molecule has 0 fully saturated rings. The minimum atomic E-state index is -0.325. The Hall–Kier alpha value is -1.87. The Morgan fingerprint density at radius 2 is 2.00 bits per heavy atom. The number of benzene rings is 2. The molecule has 0 aliphatic carbocycles. The third-order valence-electron chi connectivity index (χ3n) is 3.45. The Balaban J connectivity index is 2.22. The number of ether oxygens (including phenoxy) is 1. The first-order valence-corrected chi connectivity index (χ1v) is 6.70. The Bertz CT molecular complexity index is 583. The van der Waals surface area contributed by atoms with Crippen LogP contribution in [0.2, 0.25) is 0 Å². The van der Waals surface area contributed by atoms with E-state index in [0.29, 0.717) is 0 Å². The molecule has 0 radical (unpaired) electrons. The molecule has 106 valence electrons. The van der Waals surface area contributed by atoms with Crippen molar-refractivity contribution in [3.8, 4) is 5.75 Å². The summed E-state index contributed by atoms with van der Waals surface area (Å²) in [4.78, 5) is 0. The average Bonchev–Trinajstić information content (AvgIpc) is 2.44. The predicted octanol–water partition coefficient (Wildman–Crippen LogP) is 3.65. The Morgan fingerprint density at radius 3 is 2.60 bits per heavy atom. The van der Waals surface area contributed by atoms with Crippen LogP contribution < -0.4 is 10.1 Å². The lowest BCUT2D eigenvalue weighted by molar-refractivity contribution is 0.385. The zero-order valence-corrected chi connectivity index (χ0v) is 12.1. The van der Waals surface area contributed by atoms with E-state index < -0.39 is 0 Å². The third-order valence-corrected chi connectivity index (χ3v) is 3.45. The van der Waals surface area contributed by atoms with Crippen LogP contribution in [0.1, 0.15) is 22.7 Å². The summed E-state index contributed by atoms with van der Waals surface area (Å²) in [7, 11) is 3.36. The van der Waals surface area contributed by atoms with Gasteiger partial charge in [-0.3, -0.25) is 0 Å². The quantitative estimate of drug-likeness (QED) is 0.898. The molecule has 2 aromatic carbocycles. The summed E-state index contributed by atoms with van der Waals surface area (Å²) < 4.78 is 18.7. The summed E-state index contributed by atoms with van der Waals surface area (Å²) >= 11 is 0. The molecule has 0 bridgehead atoms. The smallest absolute Gasteiger partial charge is 0.165 e. The van der Waals surface area contributed by atoms with Gasteiger partial charge in [-0.2, -0.15) is 0 Å². The van der Waals surface area contributed by atoms with Gasteiger partial charge in [-0.1, -0.05) is 35.9 Å². The minimum Gasteiger partial charge on any atom is -0.494 e. The van der Waals surface area contributed by atoms with E-state index in [-0.39, 0.29) is 17.6 Å². The monoisotopic (exact) mass is 273 g/mol. The molecule has 3 heteroatoms. The number of hydrogen-bond acceptors (Lipinski definition) is 2. The molecule has 0 aromatic heterocycles. The highest BCUT2D eigenvalue weighted by Gasteiger charge is 2.13. The van der Waals surface area contributed by atoms with Gasteiger partial charge in [0.1, 0.15) is 0 Å². The van der Waals surface area contributed by atoms with Gasteiger partial charge in [-0.15, -0.1) is 0 Å². The van der Waals surface area contributed by atoms with Crippen LogP contribution in [0.4, 0.5) is 4.39 Å². The molecule has 0 spiro atoms. The lowest BCUT2D eigenvalue weighted by Gasteiger charge is -2.18. The molecular weight excluding hydrogens is 253 g/mol. The maximum Gasteiger partial charge on any atom is 0.165 e. The maximum absolute atomic E-state index is 13.8. The molecule has 1 atom stereocenters. The molecule has 0 aliphatic rings. The van der Waals surface area contributed by atoms with Crippen molar-refractivity contribution in [1.82, 2.24) is 5.32 Å². The fourth-order valence-electron chi connectivity index (χ4n) is 2.36. The van der Waals surface area contributed by atoms with Crippen LogP contribution in [0.5, 0.6) is 5.75 Å². The molecule has 0 amide bonds. The number of aryl methyl sites for hydroxylation is 1. The lowest BCUT2D eigenvalue weighted by Crippen LogP contribution is -2.19. The molecule has 20 heavy (non-hydrogen) atoms. The molecule has 2 nitrogen and oxygen atoms in total. The number of rotatable bonds is 5. The van der Waals surface area contributed by atoms with E-state index >= 15 is 0 Å². The zero-order valence-electron chi connectivity index (χ0n) is 12.1. The fraction of sp³-hybridized carbons (Fsp3) is 0.294. The van der Waals surface area contributed by atoms with Gasteiger partial charge < -0.3 is 10.1 Å². The van der Waals surface area contributed by atoms with Crippen molar-refractivity contribution in [2.75, 3.05) is 14.2 Å². The van der Waals surface area contributed by atoms with Crippen LogP contribution in [0.25, 0.3) is 0 Å². The van der Waals surface area contributed by atoms with E-state index in [4.69, 9.17) is 4.74 Å².